The zero-order valence-corrected chi connectivity index (χ0v) is 14.3. The van der Waals surface area contributed by atoms with Crippen LogP contribution in [0.25, 0.3) is 0 Å². The number of anilines is 1. The average Bonchev–Trinajstić information content (AvgIpc) is 3.11. The van der Waals surface area contributed by atoms with Crippen molar-refractivity contribution in [2.45, 2.75) is 25.4 Å². The summed E-state index contributed by atoms with van der Waals surface area (Å²) in [6.07, 6.45) is 0.195. The third-order valence-corrected chi connectivity index (χ3v) is 4.87. The minimum atomic E-state index is -1.27. The highest BCUT2D eigenvalue weighted by Crippen LogP contribution is 2.40. The van der Waals surface area contributed by atoms with E-state index < -0.39 is 5.60 Å². The number of carbonyl (C=O) groups excluding carboxylic acids is 2. The van der Waals surface area contributed by atoms with Crippen molar-refractivity contribution >= 4 is 34.8 Å². The van der Waals surface area contributed by atoms with Crippen molar-refractivity contribution in [1.82, 2.24) is 0 Å². The summed E-state index contributed by atoms with van der Waals surface area (Å²) in [5, 5.41) is 4.60. The molecule has 1 atom stereocenters. The predicted molar refractivity (Wildman–Crippen MR) is 94.7 cm³/mol. The third kappa shape index (κ3) is 2.51. The molecule has 2 aliphatic heterocycles. The minimum Gasteiger partial charge on any atom is -0.378 e. The fourth-order valence-electron chi connectivity index (χ4n) is 3.20. The summed E-state index contributed by atoms with van der Waals surface area (Å²) in [7, 11) is 0. The van der Waals surface area contributed by atoms with Gasteiger partial charge in [-0.25, -0.2) is 4.90 Å². The number of hydrogen-bond acceptors (Lipinski definition) is 4. The number of imide groups is 1. The molecule has 2 aromatic carbocycles. The minimum absolute atomic E-state index is 0.0306. The van der Waals surface area contributed by atoms with Crippen molar-refractivity contribution in [3.8, 4) is 0 Å². The predicted octanol–water partition coefficient (Wildman–Crippen LogP) is 3.48. The van der Waals surface area contributed by atoms with Gasteiger partial charge in [-0.1, -0.05) is 52.7 Å². The molecule has 5 nitrogen and oxygen atoms in total. The Labute approximate surface area is 149 Å². The Morgan fingerprint density at radius 1 is 1.08 bits per heavy atom. The molecule has 0 N–H and O–H groups in total. The molecule has 6 heteroatoms. The molecule has 0 radical (unpaired) electrons. The van der Waals surface area contributed by atoms with Crippen LogP contribution in [0.5, 0.6) is 0 Å². The summed E-state index contributed by atoms with van der Waals surface area (Å²) >= 11 is 6.21. The van der Waals surface area contributed by atoms with Crippen LogP contribution in [0.2, 0.25) is 5.02 Å². The van der Waals surface area contributed by atoms with E-state index in [9.17, 15) is 9.59 Å². The molecule has 25 heavy (non-hydrogen) atoms. The number of hydrogen-bond donors (Lipinski definition) is 0. The van der Waals surface area contributed by atoms with Gasteiger partial charge in [0.05, 0.1) is 17.8 Å². The van der Waals surface area contributed by atoms with Gasteiger partial charge in [0.25, 0.3) is 5.91 Å². The second-order valence-corrected chi connectivity index (χ2v) is 6.73. The number of oxime groups is 1. The van der Waals surface area contributed by atoms with Crippen LogP contribution < -0.4 is 4.90 Å². The molecule has 2 heterocycles. The topological polar surface area (TPSA) is 59.0 Å². The zero-order valence-electron chi connectivity index (χ0n) is 13.5. The molecule has 1 unspecified atom stereocenters. The van der Waals surface area contributed by atoms with Crippen LogP contribution in [-0.4, -0.2) is 23.1 Å². The standard InChI is InChI=1S/C19H15ClN2O3/c1-12-6-8-13(9-7-12)22-17(23)11-19(18(22)24)10-16(21-25-19)14-4-2-3-5-15(14)20/h2-9H,10-11H2,1H3. The molecule has 126 valence electrons. The molecule has 1 fully saturated rings. The summed E-state index contributed by atoms with van der Waals surface area (Å²) < 4.78 is 0. The van der Waals surface area contributed by atoms with Crippen molar-refractivity contribution in [3.63, 3.8) is 0 Å². The van der Waals surface area contributed by atoms with Gasteiger partial charge in [-0.15, -0.1) is 0 Å². The molecule has 0 saturated carbocycles. The van der Waals surface area contributed by atoms with Crippen molar-refractivity contribution in [2.24, 2.45) is 5.16 Å². The fourth-order valence-corrected chi connectivity index (χ4v) is 3.44. The fraction of sp³-hybridized carbons (Fsp3) is 0.211. The Hall–Kier alpha value is -2.66. The SMILES string of the molecule is Cc1ccc(N2C(=O)CC3(CC(c4ccccc4Cl)=NO3)C2=O)cc1. The maximum atomic E-state index is 13.0. The number of nitrogens with zero attached hydrogens (tertiary/aromatic N) is 2. The normalized spacial score (nSPS) is 22.5. The summed E-state index contributed by atoms with van der Waals surface area (Å²) in [6, 6.07) is 14.5. The monoisotopic (exact) mass is 354 g/mol. The maximum Gasteiger partial charge on any atom is 0.281 e. The average molecular weight is 355 g/mol. The maximum absolute atomic E-state index is 13.0. The summed E-state index contributed by atoms with van der Waals surface area (Å²) in [5.74, 6) is -0.670. The molecule has 0 bridgehead atoms. The molecule has 2 amide bonds. The third-order valence-electron chi connectivity index (χ3n) is 4.54. The highest BCUT2D eigenvalue weighted by molar-refractivity contribution is 6.34. The first-order chi connectivity index (χ1) is 12.0. The van der Waals surface area contributed by atoms with E-state index in [2.05, 4.69) is 5.16 Å². The number of rotatable bonds is 2. The van der Waals surface area contributed by atoms with Crippen LogP contribution in [-0.2, 0) is 14.4 Å². The van der Waals surface area contributed by atoms with E-state index in [1.807, 2.05) is 37.3 Å². The first kappa shape index (κ1) is 15.8. The second-order valence-electron chi connectivity index (χ2n) is 6.33. The highest BCUT2D eigenvalue weighted by atomic mass is 35.5. The Morgan fingerprint density at radius 3 is 2.52 bits per heavy atom. The van der Waals surface area contributed by atoms with Crippen LogP contribution in [0.15, 0.2) is 53.7 Å². The van der Waals surface area contributed by atoms with Gasteiger partial charge < -0.3 is 4.84 Å². The zero-order chi connectivity index (χ0) is 17.6. The van der Waals surface area contributed by atoms with E-state index in [0.717, 1.165) is 11.1 Å². The van der Waals surface area contributed by atoms with Crippen LogP contribution in [0.1, 0.15) is 24.0 Å². The van der Waals surface area contributed by atoms with Gasteiger partial charge in [0.15, 0.2) is 0 Å². The van der Waals surface area contributed by atoms with Gasteiger partial charge in [-0.2, -0.15) is 0 Å². The van der Waals surface area contributed by atoms with E-state index >= 15 is 0 Å². The molecule has 2 aliphatic rings. The molecule has 0 aromatic heterocycles. The number of aryl methyl sites for hydroxylation is 1. The number of amides is 2. The van der Waals surface area contributed by atoms with E-state index in [1.165, 1.54) is 4.90 Å². The van der Waals surface area contributed by atoms with Crippen molar-refractivity contribution in [2.75, 3.05) is 4.90 Å². The second kappa shape index (κ2) is 5.70. The Morgan fingerprint density at radius 2 is 1.80 bits per heavy atom. The number of benzene rings is 2. The molecule has 4 rings (SSSR count). The highest BCUT2D eigenvalue weighted by Gasteiger charge is 2.58. The van der Waals surface area contributed by atoms with E-state index in [0.29, 0.717) is 16.4 Å². The van der Waals surface area contributed by atoms with E-state index in [1.54, 1.807) is 18.2 Å². The lowest BCUT2D eigenvalue weighted by molar-refractivity contribution is -0.136. The quantitative estimate of drug-likeness (QED) is 0.776. The summed E-state index contributed by atoms with van der Waals surface area (Å²) in [5.41, 5.74) is 1.63. The van der Waals surface area contributed by atoms with E-state index in [4.69, 9.17) is 16.4 Å². The first-order valence-electron chi connectivity index (χ1n) is 7.94. The summed E-state index contributed by atoms with van der Waals surface area (Å²) in [4.78, 5) is 32.1. The lowest BCUT2D eigenvalue weighted by Gasteiger charge is -2.19. The van der Waals surface area contributed by atoms with Crippen LogP contribution in [0.4, 0.5) is 5.69 Å². The summed E-state index contributed by atoms with van der Waals surface area (Å²) in [6.45, 7) is 1.95. The van der Waals surface area contributed by atoms with Gasteiger partial charge in [0.2, 0.25) is 11.5 Å². The number of halogens is 1. The molecule has 0 aliphatic carbocycles. The Balaban J connectivity index is 1.63. The van der Waals surface area contributed by atoms with Crippen LogP contribution in [0, 0.1) is 6.92 Å². The molecule has 1 saturated heterocycles. The van der Waals surface area contributed by atoms with Crippen molar-refractivity contribution in [1.29, 1.82) is 0 Å². The Kier molecular flexibility index (Phi) is 3.62. The van der Waals surface area contributed by atoms with Gasteiger partial charge in [-0.3, -0.25) is 9.59 Å². The van der Waals surface area contributed by atoms with Crippen LogP contribution in [0.3, 0.4) is 0 Å². The van der Waals surface area contributed by atoms with Crippen molar-refractivity contribution < 1.29 is 14.4 Å². The first-order valence-corrected chi connectivity index (χ1v) is 8.32. The van der Waals surface area contributed by atoms with Gasteiger partial charge in [0.1, 0.15) is 0 Å². The van der Waals surface area contributed by atoms with E-state index in [-0.39, 0.29) is 24.7 Å². The molecule has 2 aromatic rings. The van der Waals surface area contributed by atoms with Gasteiger partial charge in [-0.05, 0) is 25.1 Å². The lowest BCUT2D eigenvalue weighted by Crippen LogP contribution is -2.40. The smallest absolute Gasteiger partial charge is 0.281 e. The Bertz CT molecular complexity index is 907. The van der Waals surface area contributed by atoms with Crippen LogP contribution >= 0.6 is 11.6 Å². The molecule has 1 spiro atoms. The van der Waals surface area contributed by atoms with Gasteiger partial charge >= 0.3 is 0 Å². The molecular formula is C19H15ClN2O3. The van der Waals surface area contributed by atoms with Crippen molar-refractivity contribution in [3.05, 3.63) is 64.7 Å². The number of carbonyl (C=O) groups is 2. The lowest BCUT2D eigenvalue weighted by atomic mass is 9.92. The van der Waals surface area contributed by atoms with Gasteiger partial charge in [0, 0.05) is 17.0 Å². The molecular weight excluding hydrogens is 340 g/mol. The largest absolute Gasteiger partial charge is 0.378 e.